The van der Waals surface area contributed by atoms with E-state index in [2.05, 4.69) is 20.8 Å². The molecule has 156 valence electrons. The van der Waals surface area contributed by atoms with Gasteiger partial charge in [0, 0.05) is 13.1 Å². The Morgan fingerprint density at radius 3 is 2.14 bits per heavy atom. The first-order valence-corrected chi connectivity index (χ1v) is 12.2. The smallest absolute Gasteiger partial charge is 0.328 e. The molecule has 1 unspecified atom stereocenters. The maximum absolute atomic E-state index is 13.1. The fourth-order valence-electron chi connectivity index (χ4n) is 4.39. The molecule has 3 rings (SSSR count). The van der Waals surface area contributed by atoms with Crippen molar-refractivity contribution in [2.45, 2.75) is 58.6 Å². The quantitative estimate of drug-likeness (QED) is 0.714. The molecule has 1 heterocycles. The number of nitrogens with zero attached hydrogens (tertiary/aromatic N) is 1. The molecule has 1 atom stereocenters. The number of esters is 1. The number of hydrogen-bond acceptors (Lipinski definition) is 5. The number of benzene rings is 1. The van der Waals surface area contributed by atoms with Crippen molar-refractivity contribution in [2.75, 3.05) is 24.6 Å². The summed E-state index contributed by atoms with van der Waals surface area (Å²) in [4.78, 5) is 15.1. The number of carbonyl (C=O) groups is 1. The lowest BCUT2D eigenvalue weighted by atomic mass is 9.72. The second kappa shape index (κ2) is 8.54. The van der Waals surface area contributed by atoms with Gasteiger partial charge in [-0.25, -0.2) is 13.2 Å². The lowest BCUT2D eigenvalue weighted by molar-refractivity contribution is -0.158. The van der Waals surface area contributed by atoms with Gasteiger partial charge in [-0.2, -0.15) is 0 Å². The summed E-state index contributed by atoms with van der Waals surface area (Å²) in [5.41, 5.74) is 1.16. The fourth-order valence-corrected chi connectivity index (χ4v) is 5.62. The summed E-state index contributed by atoms with van der Waals surface area (Å²) in [5, 5.41) is 0. The van der Waals surface area contributed by atoms with Crippen LogP contribution in [0.2, 0.25) is 0 Å². The number of rotatable bonds is 4. The summed E-state index contributed by atoms with van der Waals surface area (Å²) in [6.45, 7) is 7.57. The highest BCUT2D eigenvalue weighted by Crippen LogP contribution is 2.39. The molecule has 0 spiro atoms. The van der Waals surface area contributed by atoms with Crippen molar-refractivity contribution in [1.82, 2.24) is 4.90 Å². The zero-order chi connectivity index (χ0) is 20.4. The van der Waals surface area contributed by atoms with Crippen molar-refractivity contribution in [3.8, 4) is 0 Å². The minimum Gasteiger partial charge on any atom is -0.461 e. The van der Waals surface area contributed by atoms with Crippen LogP contribution in [-0.4, -0.2) is 50.0 Å². The van der Waals surface area contributed by atoms with Crippen LogP contribution >= 0.6 is 0 Å². The molecule has 1 aromatic carbocycles. The van der Waals surface area contributed by atoms with E-state index < -0.39 is 15.9 Å². The highest BCUT2D eigenvalue weighted by molar-refractivity contribution is 7.91. The van der Waals surface area contributed by atoms with Gasteiger partial charge in [-0.1, -0.05) is 51.1 Å². The SMILES string of the molecule is CC(C)(C)C1CCC(OC(=O)C(c2ccccc2)N2CCS(=O)(=O)CC2)CC1. The first-order chi connectivity index (χ1) is 13.2. The summed E-state index contributed by atoms with van der Waals surface area (Å²) in [6.07, 6.45) is 3.94. The van der Waals surface area contributed by atoms with E-state index in [9.17, 15) is 13.2 Å². The average Bonchev–Trinajstić information content (AvgIpc) is 2.64. The number of carbonyl (C=O) groups excluding carboxylic acids is 1. The normalized spacial score (nSPS) is 27.1. The Morgan fingerprint density at radius 1 is 1.04 bits per heavy atom. The van der Waals surface area contributed by atoms with Crippen LogP contribution in [0.3, 0.4) is 0 Å². The van der Waals surface area contributed by atoms with Gasteiger partial charge in [0.25, 0.3) is 0 Å². The van der Waals surface area contributed by atoms with E-state index in [0.29, 0.717) is 24.4 Å². The van der Waals surface area contributed by atoms with Crippen LogP contribution in [-0.2, 0) is 19.4 Å². The van der Waals surface area contributed by atoms with Crippen LogP contribution in [0.5, 0.6) is 0 Å². The maximum atomic E-state index is 13.1. The van der Waals surface area contributed by atoms with Gasteiger partial charge in [0.2, 0.25) is 0 Å². The predicted molar refractivity (Wildman–Crippen MR) is 111 cm³/mol. The van der Waals surface area contributed by atoms with Gasteiger partial charge in [-0.3, -0.25) is 4.90 Å². The first-order valence-electron chi connectivity index (χ1n) is 10.4. The Hall–Kier alpha value is -1.40. The molecule has 2 fully saturated rings. The van der Waals surface area contributed by atoms with E-state index >= 15 is 0 Å². The van der Waals surface area contributed by atoms with Gasteiger partial charge in [-0.05, 0) is 42.6 Å². The monoisotopic (exact) mass is 407 g/mol. The molecule has 6 heteroatoms. The van der Waals surface area contributed by atoms with Crippen molar-refractivity contribution in [2.24, 2.45) is 11.3 Å². The number of sulfone groups is 1. The van der Waals surface area contributed by atoms with Gasteiger partial charge in [0.1, 0.15) is 12.1 Å². The molecule has 1 aromatic rings. The molecule has 5 nitrogen and oxygen atoms in total. The number of ether oxygens (including phenoxy) is 1. The van der Waals surface area contributed by atoms with E-state index in [-0.39, 0.29) is 23.6 Å². The molecule has 0 N–H and O–H groups in total. The molecule has 1 aliphatic carbocycles. The van der Waals surface area contributed by atoms with E-state index in [0.717, 1.165) is 31.2 Å². The van der Waals surface area contributed by atoms with Crippen molar-refractivity contribution in [3.63, 3.8) is 0 Å². The third-order valence-electron chi connectivity index (χ3n) is 6.26. The van der Waals surface area contributed by atoms with E-state index in [1.165, 1.54) is 0 Å². The average molecular weight is 408 g/mol. The van der Waals surface area contributed by atoms with Crippen molar-refractivity contribution in [3.05, 3.63) is 35.9 Å². The minimum absolute atomic E-state index is 0.0363. The zero-order valence-electron chi connectivity index (χ0n) is 17.3. The van der Waals surface area contributed by atoms with E-state index in [1.807, 2.05) is 35.2 Å². The molecule has 2 aliphatic rings. The lowest BCUT2D eigenvalue weighted by Crippen LogP contribution is -2.46. The Labute approximate surface area is 169 Å². The topological polar surface area (TPSA) is 63.7 Å². The van der Waals surface area contributed by atoms with Crippen molar-refractivity contribution < 1.29 is 17.9 Å². The molecule has 0 radical (unpaired) electrons. The summed E-state index contributed by atoms with van der Waals surface area (Å²) < 4.78 is 29.6. The number of hydrogen-bond donors (Lipinski definition) is 0. The van der Waals surface area contributed by atoms with Crippen LogP contribution in [0.15, 0.2) is 30.3 Å². The summed E-state index contributed by atoms with van der Waals surface area (Å²) in [6, 6.07) is 9.05. The van der Waals surface area contributed by atoms with Crippen molar-refractivity contribution in [1.29, 1.82) is 0 Å². The highest BCUT2D eigenvalue weighted by Gasteiger charge is 2.36. The van der Waals surface area contributed by atoms with Crippen molar-refractivity contribution >= 4 is 15.8 Å². The molecule has 1 saturated heterocycles. The Balaban J connectivity index is 1.68. The molecule has 1 aliphatic heterocycles. The minimum atomic E-state index is -3.00. The molecular formula is C22H33NO4S. The van der Waals surface area contributed by atoms with E-state index in [1.54, 1.807) is 0 Å². The summed E-state index contributed by atoms with van der Waals surface area (Å²) >= 11 is 0. The Morgan fingerprint density at radius 2 is 1.61 bits per heavy atom. The van der Waals surface area contributed by atoms with Crippen LogP contribution in [0, 0.1) is 11.3 Å². The Bertz CT molecular complexity index is 747. The van der Waals surface area contributed by atoms with Gasteiger partial charge < -0.3 is 4.74 Å². The molecule has 0 amide bonds. The standard InChI is InChI=1S/C22H33NO4S/c1-22(2,3)18-9-11-19(12-10-18)27-21(24)20(17-7-5-4-6-8-17)23-13-15-28(25,26)16-14-23/h4-8,18-20H,9-16H2,1-3H3. The third kappa shape index (κ3) is 5.35. The molecule has 28 heavy (non-hydrogen) atoms. The molecule has 0 bridgehead atoms. The predicted octanol–water partition coefficient (Wildman–Crippen LogP) is 3.61. The van der Waals surface area contributed by atoms with Crippen LogP contribution in [0.1, 0.15) is 58.1 Å². The molecular weight excluding hydrogens is 374 g/mol. The Kier molecular flexibility index (Phi) is 6.50. The summed E-state index contributed by atoms with van der Waals surface area (Å²) in [7, 11) is -3.00. The van der Waals surface area contributed by atoms with Gasteiger partial charge >= 0.3 is 5.97 Å². The largest absolute Gasteiger partial charge is 0.461 e. The van der Waals surface area contributed by atoms with Crippen LogP contribution in [0.25, 0.3) is 0 Å². The second-order valence-electron chi connectivity index (χ2n) is 9.28. The fraction of sp³-hybridized carbons (Fsp3) is 0.682. The van der Waals surface area contributed by atoms with Crippen LogP contribution in [0.4, 0.5) is 0 Å². The third-order valence-corrected chi connectivity index (χ3v) is 7.87. The van der Waals surface area contributed by atoms with E-state index in [4.69, 9.17) is 4.74 Å². The van der Waals surface area contributed by atoms with Gasteiger partial charge in [0.05, 0.1) is 11.5 Å². The lowest BCUT2D eigenvalue weighted by Gasteiger charge is -2.38. The molecule has 0 aromatic heterocycles. The molecule has 1 saturated carbocycles. The highest BCUT2D eigenvalue weighted by atomic mass is 32.2. The zero-order valence-corrected chi connectivity index (χ0v) is 18.1. The first kappa shape index (κ1) is 21.3. The van der Waals surface area contributed by atoms with Crippen LogP contribution < -0.4 is 0 Å². The van der Waals surface area contributed by atoms with Gasteiger partial charge in [0.15, 0.2) is 9.84 Å². The second-order valence-corrected chi connectivity index (χ2v) is 11.6. The van der Waals surface area contributed by atoms with Gasteiger partial charge in [-0.15, -0.1) is 0 Å². The maximum Gasteiger partial charge on any atom is 0.328 e. The summed E-state index contributed by atoms with van der Waals surface area (Å²) in [5.74, 6) is 0.616.